The Morgan fingerprint density at radius 1 is 1.36 bits per heavy atom. The van der Waals surface area contributed by atoms with Gasteiger partial charge in [0.2, 0.25) is 0 Å². The molecule has 0 fully saturated rings. The maximum Gasteiger partial charge on any atom is 0.185 e. The molecule has 0 amide bonds. The molecule has 14 heavy (non-hydrogen) atoms. The Kier molecular flexibility index (Phi) is 3.64. The maximum absolute atomic E-state index is 11.6. The van der Waals surface area contributed by atoms with Crippen LogP contribution in [-0.4, -0.2) is 5.78 Å². The molecule has 0 unspecified atom stereocenters. The fourth-order valence-electron chi connectivity index (χ4n) is 1.09. The molecule has 0 saturated heterocycles. The first-order chi connectivity index (χ1) is 6.50. The highest BCUT2D eigenvalue weighted by molar-refractivity contribution is 9.10. The quantitative estimate of drug-likeness (QED) is 0.577. The van der Waals surface area contributed by atoms with E-state index in [1.807, 2.05) is 39.0 Å². The van der Waals surface area contributed by atoms with E-state index in [0.717, 1.165) is 21.2 Å². The van der Waals surface area contributed by atoms with Gasteiger partial charge in [-0.2, -0.15) is 0 Å². The highest BCUT2D eigenvalue weighted by Gasteiger charge is 2.03. The maximum atomic E-state index is 11.6. The molecule has 0 saturated carbocycles. The van der Waals surface area contributed by atoms with Crippen molar-refractivity contribution in [3.8, 4) is 0 Å². The zero-order valence-electron chi connectivity index (χ0n) is 8.60. The lowest BCUT2D eigenvalue weighted by atomic mass is 10.1. The van der Waals surface area contributed by atoms with Gasteiger partial charge in [0.05, 0.1) is 0 Å². The average molecular weight is 253 g/mol. The van der Waals surface area contributed by atoms with Gasteiger partial charge in [-0.15, -0.1) is 0 Å². The fraction of sp³-hybridized carbons (Fsp3) is 0.250. The Balaban J connectivity index is 3.03. The number of halogens is 1. The molecule has 1 rings (SSSR count). The van der Waals surface area contributed by atoms with Crippen molar-refractivity contribution in [2.45, 2.75) is 20.8 Å². The Hall–Kier alpha value is -0.890. The van der Waals surface area contributed by atoms with Crippen LogP contribution in [0.3, 0.4) is 0 Å². The monoisotopic (exact) mass is 252 g/mol. The van der Waals surface area contributed by atoms with Crippen LogP contribution in [0.2, 0.25) is 0 Å². The Labute approximate surface area is 93.0 Å². The Bertz CT molecular complexity index is 387. The number of aryl methyl sites for hydroxylation is 1. The SMILES string of the molecule is CC(C)=CC(=O)c1ccc(C)c(Br)c1. The van der Waals surface area contributed by atoms with Gasteiger partial charge in [0, 0.05) is 10.0 Å². The number of benzene rings is 1. The number of carbonyl (C=O) groups is 1. The third-order valence-electron chi connectivity index (χ3n) is 1.88. The second-order valence-electron chi connectivity index (χ2n) is 3.55. The van der Waals surface area contributed by atoms with Gasteiger partial charge in [-0.25, -0.2) is 0 Å². The van der Waals surface area contributed by atoms with Crippen molar-refractivity contribution < 1.29 is 4.79 Å². The van der Waals surface area contributed by atoms with Crippen LogP contribution in [0.4, 0.5) is 0 Å². The van der Waals surface area contributed by atoms with E-state index in [9.17, 15) is 4.79 Å². The van der Waals surface area contributed by atoms with Gasteiger partial charge in [0.1, 0.15) is 0 Å². The van der Waals surface area contributed by atoms with E-state index in [0.29, 0.717) is 0 Å². The summed E-state index contributed by atoms with van der Waals surface area (Å²) in [7, 11) is 0. The third-order valence-corrected chi connectivity index (χ3v) is 2.73. The number of hydrogen-bond acceptors (Lipinski definition) is 1. The first-order valence-electron chi connectivity index (χ1n) is 4.46. The van der Waals surface area contributed by atoms with Gasteiger partial charge in [-0.05, 0) is 38.5 Å². The molecule has 0 aliphatic rings. The van der Waals surface area contributed by atoms with E-state index in [-0.39, 0.29) is 5.78 Å². The molecule has 0 aliphatic heterocycles. The van der Waals surface area contributed by atoms with Gasteiger partial charge < -0.3 is 0 Å². The van der Waals surface area contributed by atoms with Gasteiger partial charge >= 0.3 is 0 Å². The molecular formula is C12H13BrO. The Morgan fingerprint density at radius 3 is 2.50 bits per heavy atom. The summed E-state index contributed by atoms with van der Waals surface area (Å²) in [5.74, 6) is 0.0608. The molecule has 0 radical (unpaired) electrons. The zero-order valence-corrected chi connectivity index (χ0v) is 10.2. The molecule has 0 N–H and O–H groups in total. The van der Waals surface area contributed by atoms with E-state index in [1.165, 1.54) is 0 Å². The van der Waals surface area contributed by atoms with Crippen LogP contribution in [0, 0.1) is 6.92 Å². The second-order valence-corrected chi connectivity index (χ2v) is 4.40. The van der Waals surface area contributed by atoms with E-state index in [1.54, 1.807) is 6.08 Å². The second kappa shape index (κ2) is 4.56. The van der Waals surface area contributed by atoms with Crippen LogP contribution >= 0.6 is 15.9 Å². The standard InChI is InChI=1S/C12H13BrO/c1-8(2)6-12(14)10-5-4-9(3)11(13)7-10/h4-7H,1-3H3. The van der Waals surface area contributed by atoms with E-state index in [4.69, 9.17) is 0 Å². The third kappa shape index (κ3) is 2.81. The smallest absolute Gasteiger partial charge is 0.185 e. The van der Waals surface area contributed by atoms with Gasteiger partial charge in [-0.1, -0.05) is 33.6 Å². The molecule has 0 bridgehead atoms. The number of hydrogen-bond donors (Lipinski definition) is 0. The molecule has 0 spiro atoms. The summed E-state index contributed by atoms with van der Waals surface area (Å²) < 4.78 is 0.977. The average Bonchev–Trinajstić information content (AvgIpc) is 2.08. The highest BCUT2D eigenvalue weighted by atomic mass is 79.9. The predicted octanol–water partition coefficient (Wildman–Crippen LogP) is 3.91. The largest absolute Gasteiger partial charge is 0.289 e. The molecule has 0 atom stereocenters. The summed E-state index contributed by atoms with van der Waals surface area (Å²) in [5.41, 5.74) is 2.88. The normalized spacial score (nSPS) is 9.71. The van der Waals surface area contributed by atoms with E-state index in [2.05, 4.69) is 15.9 Å². The number of ketones is 1. The molecule has 0 aromatic heterocycles. The van der Waals surface area contributed by atoms with Crippen LogP contribution in [0.5, 0.6) is 0 Å². The molecule has 1 aromatic carbocycles. The molecule has 74 valence electrons. The van der Waals surface area contributed by atoms with E-state index < -0.39 is 0 Å². The molecular weight excluding hydrogens is 240 g/mol. The molecule has 2 heteroatoms. The van der Waals surface area contributed by atoms with Crippen molar-refractivity contribution in [2.24, 2.45) is 0 Å². The highest BCUT2D eigenvalue weighted by Crippen LogP contribution is 2.18. The summed E-state index contributed by atoms with van der Waals surface area (Å²) in [6.07, 6.45) is 1.65. The van der Waals surface area contributed by atoms with Crippen LogP contribution < -0.4 is 0 Å². The minimum absolute atomic E-state index is 0.0608. The minimum Gasteiger partial charge on any atom is -0.289 e. The number of carbonyl (C=O) groups excluding carboxylic acids is 1. The summed E-state index contributed by atoms with van der Waals surface area (Å²) in [6.45, 7) is 5.83. The summed E-state index contributed by atoms with van der Waals surface area (Å²) in [6, 6.07) is 5.65. The fourth-order valence-corrected chi connectivity index (χ4v) is 1.47. The molecule has 0 aliphatic carbocycles. The van der Waals surface area contributed by atoms with Gasteiger partial charge in [0.15, 0.2) is 5.78 Å². The van der Waals surface area contributed by atoms with Crippen molar-refractivity contribution in [1.82, 2.24) is 0 Å². The number of rotatable bonds is 2. The zero-order chi connectivity index (χ0) is 10.7. The van der Waals surface area contributed by atoms with Gasteiger partial charge in [-0.3, -0.25) is 4.79 Å². The van der Waals surface area contributed by atoms with Crippen molar-refractivity contribution in [2.75, 3.05) is 0 Å². The minimum atomic E-state index is 0.0608. The first kappa shape index (κ1) is 11.2. The molecule has 1 nitrogen and oxygen atoms in total. The summed E-state index contributed by atoms with van der Waals surface area (Å²) in [4.78, 5) is 11.6. The number of allylic oxidation sites excluding steroid dienone is 2. The van der Waals surface area contributed by atoms with Crippen molar-refractivity contribution in [3.05, 3.63) is 45.4 Å². The molecule has 0 heterocycles. The van der Waals surface area contributed by atoms with Crippen LogP contribution in [-0.2, 0) is 0 Å². The van der Waals surface area contributed by atoms with Crippen LogP contribution in [0.15, 0.2) is 34.3 Å². The van der Waals surface area contributed by atoms with E-state index >= 15 is 0 Å². The lowest BCUT2D eigenvalue weighted by Gasteiger charge is -2.00. The summed E-state index contributed by atoms with van der Waals surface area (Å²) >= 11 is 3.41. The lowest BCUT2D eigenvalue weighted by molar-refractivity contribution is 0.104. The first-order valence-corrected chi connectivity index (χ1v) is 5.25. The summed E-state index contributed by atoms with van der Waals surface area (Å²) in [5, 5.41) is 0. The van der Waals surface area contributed by atoms with Crippen LogP contribution in [0.25, 0.3) is 0 Å². The van der Waals surface area contributed by atoms with Crippen molar-refractivity contribution in [3.63, 3.8) is 0 Å². The van der Waals surface area contributed by atoms with Gasteiger partial charge in [0.25, 0.3) is 0 Å². The van der Waals surface area contributed by atoms with Crippen LogP contribution in [0.1, 0.15) is 29.8 Å². The van der Waals surface area contributed by atoms with Crippen molar-refractivity contribution >= 4 is 21.7 Å². The Morgan fingerprint density at radius 2 is 2.00 bits per heavy atom. The predicted molar refractivity (Wildman–Crippen MR) is 62.6 cm³/mol. The molecule has 1 aromatic rings. The van der Waals surface area contributed by atoms with Crippen molar-refractivity contribution in [1.29, 1.82) is 0 Å². The topological polar surface area (TPSA) is 17.1 Å². The lowest BCUT2D eigenvalue weighted by Crippen LogP contribution is -1.95.